The Balaban J connectivity index is 2.34. The van der Waals surface area contributed by atoms with Gasteiger partial charge in [-0.3, -0.25) is 9.59 Å². The molecule has 0 aromatic carbocycles. The van der Waals surface area contributed by atoms with Gasteiger partial charge in [0.05, 0.1) is 0 Å². The summed E-state index contributed by atoms with van der Waals surface area (Å²) in [5.41, 5.74) is 5.42. The molecule has 0 spiro atoms. The zero-order valence-electron chi connectivity index (χ0n) is 8.27. The molecule has 80 valence electrons. The van der Waals surface area contributed by atoms with Crippen LogP contribution in [0.3, 0.4) is 0 Å². The van der Waals surface area contributed by atoms with Crippen LogP contribution in [0.5, 0.6) is 0 Å². The van der Waals surface area contributed by atoms with Gasteiger partial charge in [0.25, 0.3) is 0 Å². The fourth-order valence-corrected chi connectivity index (χ4v) is 1.59. The number of amides is 1. The Kier molecular flexibility index (Phi) is 3.46. The molecular formula is C9H16N2O3. The minimum Gasteiger partial charge on any atom is -0.481 e. The SMILES string of the molecule is CCC(CC(=O)O)CN1C[C@H](N)C1=O. The molecule has 0 aromatic rings. The van der Waals surface area contributed by atoms with Crippen LogP contribution < -0.4 is 5.73 Å². The molecule has 1 rings (SSSR count). The number of rotatable bonds is 5. The number of hydrogen-bond acceptors (Lipinski definition) is 3. The first-order chi connectivity index (χ1) is 6.54. The fraction of sp³-hybridized carbons (Fsp3) is 0.778. The van der Waals surface area contributed by atoms with Gasteiger partial charge in [-0.15, -0.1) is 0 Å². The Hall–Kier alpha value is -1.10. The summed E-state index contributed by atoms with van der Waals surface area (Å²) in [4.78, 5) is 23.3. The van der Waals surface area contributed by atoms with Crippen molar-refractivity contribution in [2.24, 2.45) is 11.7 Å². The molecular weight excluding hydrogens is 184 g/mol. The summed E-state index contributed by atoms with van der Waals surface area (Å²) in [7, 11) is 0. The van der Waals surface area contributed by atoms with Crippen LogP contribution in [0.2, 0.25) is 0 Å². The van der Waals surface area contributed by atoms with E-state index in [0.29, 0.717) is 13.1 Å². The summed E-state index contributed by atoms with van der Waals surface area (Å²) < 4.78 is 0. The van der Waals surface area contributed by atoms with Crippen molar-refractivity contribution in [1.29, 1.82) is 0 Å². The van der Waals surface area contributed by atoms with Crippen molar-refractivity contribution in [3.8, 4) is 0 Å². The molecule has 0 aliphatic carbocycles. The third-order valence-corrected chi connectivity index (χ3v) is 2.57. The lowest BCUT2D eigenvalue weighted by Gasteiger charge is -2.38. The molecule has 1 saturated heterocycles. The number of carboxylic acid groups (broad SMARTS) is 1. The standard InChI is InChI=1S/C9H16N2O3/c1-2-6(3-8(12)13)4-11-5-7(10)9(11)14/h6-7H,2-5,10H2,1H3,(H,12,13)/t6?,7-/m0/s1. The summed E-state index contributed by atoms with van der Waals surface area (Å²) >= 11 is 0. The van der Waals surface area contributed by atoms with Crippen LogP contribution >= 0.6 is 0 Å². The first-order valence-corrected chi connectivity index (χ1v) is 4.80. The number of likely N-dealkylation sites (tertiary alicyclic amines) is 1. The molecule has 2 atom stereocenters. The van der Waals surface area contributed by atoms with Gasteiger partial charge in [-0.2, -0.15) is 0 Å². The van der Waals surface area contributed by atoms with Crippen LogP contribution in [0.25, 0.3) is 0 Å². The molecule has 1 unspecified atom stereocenters. The second kappa shape index (κ2) is 4.41. The van der Waals surface area contributed by atoms with Crippen LogP contribution in [0.15, 0.2) is 0 Å². The van der Waals surface area contributed by atoms with Crippen molar-refractivity contribution in [1.82, 2.24) is 4.90 Å². The third-order valence-electron chi connectivity index (χ3n) is 2.57. The molecule has 0 saturated carbocycles. The van der Waals surface area contributed by atoms with Crippen LogP contribution in [0.4, 0.5) is 0 Å². The van der Waals surface area contributed by atoms with Crippen molar-refractivity contribution in [2.45, 2.75) is 25.8 Å². The van der Waals surface area contributed by atoms with Crippen LogP contribution in [-0.2, 0) is 9.59 Å². The van der Waals surface area contributed by atoms with E-state index in [1.165, 1.54) is 0 Å². The molecule has 0 aromatic heterocycles. The molecule has 1 fully saturated rings. The van der Waals surface area contributed by atoms with E-state index >= 15 is 0 Å². The van der Waals surface area contributed by atoms with Gasteiger partial charge in [0.2, 0.25) is 5.91 Å². The zero-order chi connectivity index (χ0) is 10.7. The smallest absolute Gasteiger partial charge is 0.303 e. The number of aliphatic carboxylic acids is 1. The number of β-lactam (4-membered cyclic amide) rings is 1. The molecule has 1 aliphatic heterocycles. The number of carbonyl (C=O) groups is 2. The maximum Gasteiger partial charge on any atom is 0.303 e. The highest BCUT2D eigenvalue weighted by Crippen LogP contribution is 2.15. The highest BCUT2D eigenvalue weighted by atomic mass is 16.4. The Morgan fingerprint density at radius 2 is 2.43 bits per heavy atom. The minimum absolute atomic E-state index is 0.0453. The van der Waals surface area contributed by atoms with Crippen molar-refractivity contribution < 1.29 is 14.7 Å². The Morgan fingerprint density at radius 3 is 2.79 bits per heavy atom. The third kappa shape index (κ3) is 2.45. The molecule has 3 N–H and O–H groups in total. The van der Waals surface area contributed by atoms with E-state index < -0.39 is 5.97 Å². The normalized spacial score (nSPS) is 23.1. The fourth-order valence-electron chi connectivity index (χ4n) is 1.59. The molecule has 1 aliphatic rings. The van der Waals surface area contributed by atoms with Crippen molar-refractivity contribution in [2.75, 3.05) is 13.1 Å². The molecule has 1 amide bonds. The highest BCUT2D eigenvalue weighted by molar-refractivity contribution is 5.87. The van der Waals surface area contributed by atoms with Crippen molar-refractivity contribution in [3.05, 3.63) is 0 Å². The van der Waals surface area contributed by atoms with Gasteiger partial charge in [-0.05, 0) is 5.92 Å². The number of nitrogens with two attached hydrogens (primary N) is 1. The Morgan fingerprint density at radius 1 is 1.79 bits per heavy atom. The predicted molar refractivity (Wildman–Crippen MR) is 50.6 cm³/mol. The quantitative estimate of drug-likeness (QED) is 0.594. The second-order valence-electron chi connectivity index (χ2n) is 3.72. The zero-order valence-corrected chi connectivity index (χ0v) is 8.27. The Labute approximate surface area is 82.9 Å². The van der Waals surface area contributed by atoms with Gasteiger partial charge < -0.3 is 15.7 Å². The van der Waals surface area contributed by atoms with Gasteiger partial charge in [-0.25, -0.2) is 0 Å². The number of hydrogen-bond donors (Lipinski definition) is 2. The average molecular weight is 200 g/mol. The van der Waals surface area contributed by atoms with E-state index in [4.69, 9.17) is 10.8 Å². The molecule has 14 heavy (non-hydrogen) atoms. The van der Waals surface area contributed by atoms with E-state index in [0.717, 1.165) is 6.42 Å². The maximum absolute atomic E-state index is 11.2. The molecule has 0 bridgehead atoms. The van der Waals surface area contributed by atoms with E-state index in [9.17, 15) is 9.59 Å². The Bertz CT molecular complexity index is 242. The van der Waals surface area contributed by atoms with Crippen molar-refractivity contribution in [3.63, 3.8) is 0 Å². The monoisotopic (exact) mass is 200 g/mol. The van der Waals surface area contributed by atoms with Crippen LogP contribution in [-0.4, -0.2) is 41.0 Å². The molecule has 5 nitrogen and oxygen atoms in total. The van der Waals surface area contributed by atoms with E-state index in [-0.39, 0.29) is 24.3 Å². The summed E-state index contributed by atoms with van der Waals surface area (Å²) in [5.74, 6) is -0.827. The predicted octanol–water partition coefficient (Wildman–Crippen LogP) is -0.343. The molecule has 0 radical (unpaired) electrons. The highest BCUT2D eigenvalue weighted by Gasteiger charge is 2.34. The van der Waals surface area contributed by atoms with Crippen molar-refractivity contribution >= 4 is 11.9 Å². The summed E-state index contributed by atoms with van der Waals surface area (Å²) in [5, 5.41) is 8.61. The molecule has 1 heterocycles. The van der Waals surface area contributed by atoms with Crippen LogP contribution in [0.1, 0.15) is 19.8 Å². The van der Waals surface area contributed by atoms with Gasteiger partial charge in [-0.1, -0.05) is 13.3 Å². The van der Waals surface area contributed by atoms with Gasteiger partial charge in [0.15, 0.2) is 0 Å². The van der Waals surface area contributed by atoms with Gasteiger partial charge in [0, 0.05) is 19.5 Å². The first-order valence-electron chi connectivity index (χ1n) is 4.80. The van der Waals surface area contributed by atoms with Gasteiger partial charge >= 0.3 is 5.97 Å². The van der Waals surface area contributed by atoms with E-state index in [1.54, 1.807) is 4.90 Å². The maximum atomic E-state index is 11.2. The topological polar surface area (TPSA) is 83.6 Å². The lowest BCUT2D eigenvalue weighted by molar-refractivity contribution is -0.145. The first kappa shape index (κ1) is 11.0. The number of nitrogens with zero attached hydrogens (tertiary/aromatic N) is 1. The molecule has 5 heteroatoms. The minimum atomic E-state index is -0.811. The lowest BCUT2D eigenvalue weighted by atomic mass is 9.98. The van der Waals surface area contributed by atoms with Gasteiger partial charge in [0.1, 0.15) is 6.04 Å². The average Bonchev–Trinajstić information content (AvgIpc) is 2.14. The number of carbonyl (C=O) groups excluding carboxylic acids is 1. The lowest BCUT2D eigenvalue weighted by Crippen LogP contribution is -2.61. The van der Waals surface area contributed by atoms with E-state index in [2.05, 4.69) is 0 Å². The van der Waals surface area contributed by atoms with E-state index in [1.807, 2.05) is 6.92 Å². The number of carboxylic acids is 1. The van der Waals surface area contributed by atoms with Crippen LogP contribution in [0, 0.1) is 5.92 Å². The summed E-state index contributed by atoms with van der Waals surface area (Å²) in [6.07, 6.45) is 0.890. The second-order valence-corrected chi connectivity index (χ2v) is 3.72. The largest absolute Gasteiger partial charge is 0.481 e. The summed E-state index contributed by atoms with van der Waals surface area (Å²) in [6, 6.07) is -0.364. The summed E-state index contributed by atoms with van der Waals surface area (Å²) in [6.45, 7) is 3.02.